The van der Waals surface area contributed by atoms with Crippen LogP contribution in [0.25, 0.3) is 11.1 Å². The summed E-state index contributed by atoms with van der Waals surface area (Å²) in [5.74, 6) is -0.0218. The van der Waals surface area contributed by atoms with Crippen LogP contribution >= 0.6 is 0 Å². The van der Waals surface area contributed by atoms with Gasteiger partial charge in [-0.1, -0.05) is 36.4 Å². The van der Waals surface area contributed by atoms with E-state index in [-0.39, 0.29) is 17.7 Å². The Bertz CT molecular complexity index is 965. The minimum absolute atomic E-state index is 0.0426. The standard InChI is InChI=1S/C18H13F3N4/c19-18(20,21)10-7-5-9(6-8-10)13-11-3-1-2-4-12(11)14-15(13)24-17(23)25-16(14)22/h1-8,13H,(H4,22,23,24,25). The highest BCUT2D eigenvalue weighted by Gasteiger charge is 2.35. The summed E-state index contributed by atoms with van der Waals surface area (Å²) >= 11 is 0. The number of anilines is 2. The van der Waals surface area contributed by atoms with Crippen molar-refractivity contribution in [1.29, 1.82) is 0 Å². The summed E-state index contributed by atoms with van der Waals surface area (Å²) < 4.78 is 38.5. The second-order valence-electron chi connectivity index (χ2n) is 5.87. The molecule has 4 rings (SSSR count). The monoisotopic (exact) mass is 342 g/mol. The zero-order chi connectivity index (χ0) is 17.8. The molecule has 3 aromatic rings. The SMILES string of the molecule is Nc1nc(N)c2c(n1)C(c1ccc(C(F)(F)F)cc1)c1ccccc1-2. The number of nitrogens with zero attached hydrogens (tertiary/aromatic N) is 2. The summed E-state index contributed by atoms with van der Waals surface area (Å²) in [4.78, 5) is 8.34. The van der Waals surface area contributed by atoms with Crippen molar-refractivity contribution >= 4 is 11.8 Å². The van der Waals surface area contributed by atoms with E-state index in [0.717, 1.165) is 23.3 Å². The molecule has 126 valence electrons. The Labute approximate surface area is 141 Å². The largest absolute Gasteiger partial charge is 0.416 e. The summed E-state index contributed by atoms with van der Waals surface area (Å²) in [6.45, 7) is 0. The van der Waals surface area contributed by atoms with Gasteiger partial charge in [0.15, 0.2) is 0 Å². The maximum absolute atomic E-state index is 12.8. The zero-order valence-electron chi connectivity index (χ0n) is 12.9. The molecule has 1 unspecified atom stereocenters. The van der Waals surface area contributed by atoms with Gasteiger partial charge in [-0.2, -0.15) is 18.2 Å². The van der Waals surface area contributed by atoms with Gasteiger partial charge in [-0.3, -0.25) is 0 Å². The van der Waals surface area contributed by atoms with E-state index in [9.17, 15) is 13.2 Å². The number of halogens is 3. The summed E-state index contributed by atoms with van der Waals surface area (Å²) in [6, 6.07) is 12.6. The molecule has 1 heterocycles. The molecule has 0 fully saturated rings. The van der Waals surface area contributed by atoms with Gasteiger partial charge in [0.2, 0.25) is 5.95 Å². The molecule has 0 spiro atoms. The summed E-state index contributed by atoms with van der Waals surface area (Å²) in [5, 5.41) is 0. The molecule has 0 saturated heterocycles. The van der Waals surface area contributed by atoms with Crippen molar-refractivity contribution in [3.05, 3.63) is 70.9 Å². The van der Waals surface area contributed by atoms with Gasteiger partial charge in [-0.15, -0.1) is 0 Å². The maximum atomic E-state index is 12.8. The molecule has 0 saturated carbocycles. The number of nitrogen functional groups attached to an aromatic ring is 2. The number of hydrogen-bond donors (Lipinski definition) is 2. The molecule has 4 nitrogen and oxygen atoms in total. The first-order valence-electron chi connectivity index (χ1n) is 7.55. The molecular formula is C18H13F3N4. The Morgan fingerprint density at radius 2 is 1.56 bits per heavy atom. The van der Waals surface area contributed by atoms with Crippen molar-refractivity contribution in [2.45, 2.75) is 12.1 Å². The topological polar surface area (TPSA) is 77.8 Å². The first-order chi connectivity index (χ1) is 11.9. The highest BCUT2D eigenvalue weighted by Crippen LogP contribution is 2.49. The molecule has 0 aliphatic heterocycles. The van der Waals surface area contributed by atoms with Crippen LogP contribution in [-0.2, 0) is 6.18 Å². The number of alkyl halides is 3. The molecule has 4 N–H and O–H groups in total. The Kier molecular flexibility index (Phi) is 3.21. The quantitative estimate of drug-likeness (QED) is 0.551. The lowest BCUT2D eigenvalue weighted by molar-refractivity contribution is -0.137. The number of nitrogens with two attached hydrogens (primary N) is 2. The van der Waals surface area contributed by atoms with Crippen LogP contribution in [0.3, 0.4) is 0 Å². The number of fused-ring (bicyclic) bond motifs is 3. The molecule has 1 atom stereocenters. The van der Waals surface area contributed by atoms with E-state index in [1.165, 1.54) is 12.1 Å². The number of rotatable bonds is 1. The normalized spacial score (nSPS) is 15.7. The van der Waals surface area contributed by atoms with Crippen molar-refractivity contribution in [1.82, 2.24) is 9.97 Å². The molecule has 0 radical (unpaired) electrons. The average molecular weight is 342 g/mol. The van der Waals surface area contributed by atoms with Crippen LogP contribution in [0.4, 0.5) is 24.9 Å². The zero-order valence-corrected chi connectivity index (χ0v) is 12.9. The summed E-state index contributed by atoms with van der Waals surface area (Å²) in [6.07, 6.45) is -4.37. The molecule has 25 heavy (non-hydrogen) atoms. The van der Waals surface area contributed by atoms with Crippen LogP contribution < -0.4 is 11.5 Å². The summed E-state index contributed by atoms with van der Waals surface area (Å²) in [5.41, 5.74) is 14.9. The smallest absolute Gasteiger partial charge is 0.383 e. The lowest BCUT2D eigenvalue weighted by Gasteiger charge is -2.15. The first kappa shape index (κ1) is 15.4. The second kappa shape index (κ2) is 5.20. The van der Waals surface area contributed by atoms with Crippen LogP contribution in [-0.4, -0.2) is 9.97 Å². The number of benzene rings is 2. The Balaban J connectivity index is 1.91. The Morgan fingerprint density at radius 3 is 2.24 bits per heavy atom. The van der Waals surface area contributed by atoms with Gasteiger partial charge in [-0.05, 0) is 28.8 Å². The van der Waals surface area contributed by atoms with Crippen molar-refractivity contribution in [2.75, 3.05) is 11.5 Å². The van der Waals surface area contributed by atoms with Crippen LogP contribution in [0.5, 0.6) is 0 Å². The van der Waals surface area contributed by atoms with Gasteiger partial charge in [0.05, 0.1) is 17.2 Å². The van der Waals surface area contributed by atoms with Gasteiger partial charge >= 0.3 is 6.18 Å². The Morgan fingerprint density at radius 1 is 0.880 bits per heavy atom. The highest BCUT2D eigenvalue weighted by atomic mass is 19.4. The van der Waals surface area contributed by atoms with E-state index < -0.39 is 11.7 Å². The lowest BCUT2D eigenvalue weighted by Crippen LogP contribution is -2.08. The first-order valence-corrected chi connectivity index (χ1v) is 7.55. The van der Waals surface area contributed by atoms with Gasteiger partial charge in [-0.25, -0.2) is 4.98 Å². The highest BCUT2D eigenvalue weighted by molar-refractivity contribution is 5.86. The average Bonchev–Trinajstić information content (AvgIpc) is 2.88. The summed E-state index contributed by atoms with van der Waals surface area (Å²) in [7, 11) is 0. The molecule has 7 heteroatoms. The number of aromatic nitrogens is 2. The van der Waals surface area contributed by atoms with Crippen LogP contribution in [0, 0.1) is 0 Å². The number of hydrogen-bond acceptors (Lipinski definition) is 4. The molecule has 1 aromatic heterocycles. The lowest BCUT2D eigenvalue weighted by atomic mass is 9.91. The minimum Gasteiger partial charge on any atom is -0.383 e. The third-order valence-electron chi connectivity index (χ3n) is 4.37. The molecular weight excluding hydrogens is 329 g/mol. The fourth-order valence-electron chi connectivity index (χ4n) is 3.33. The third kappa shape index (κ3) is 2.39. The van der Waals surface area contributed by atoms with E-state index >= 15 is 0 Å². The van der Waals surface area contributed by atoms with E-state index in [2.05, 4.69) is 9.97 Å². The molecule has 0 amide bonds. The van der Waals surface area contributed by atoms with Crippen molar-refractivity contribution in [3.63, 3.8) is 0 Å². The minimum atomic E-state index is -4.37. The van der Waals surface area contributed by atoms with E-state index in [1.807, 2.05) is 24.3 Å². The van der Waals surface area contributed by atoms with E-state index in [4.69, 9.17) is 11.5 Å². The molecule has 1 aliphatic rings. The van der Waals surface area contributed by atoms with Gasteiger partial charge < -0.3 is 11.5 Å². The predicted molar refractivity (Wildman–Crippen MR) is 88.7 cm³/mol. The Hall–Kier alpha value is -3.09. The van der Waals surface area contributed by atoms with Crippen LogP contribution in [0.2, 0.25) is 0 Å². The molecule has 2 aromatic carbocycles. The maximum Gasteiger partial charge on any atom is 0.416 e. The van der Waals surface area contributed by atoms with E-state index in [0.29, 0.717) is 16.8 Å². The van der Waals surface area contributed by atoms with Crippen molar-refractivity contribution in [2.24, 2.45) is 0 Å². The predicted octanol–water partition coefficient (Wildman–Crippen LogP) is 3.82. The van der Waals surface area contributed by atoms with Gasteiger partial charge in [0.1, 0.15) is 5.82 Å². The van der Waals surface area contributed by atoms with Crippen molar-refractivity contribution in [3.8, 4) is 11.1 Å². The van der Waals surface area contributed by atoms with Gasteiger partial charge in [0, 0.05) is 5.56 Å². The van der Waals surface area contributed by atoms with Crippen LogP contribution in [0.15, 0.2) is 48.5 Å². The fraction of sp³-hybridized carbons (Fsp3) is 0.111. The second-order valence-corrected chi connectivity index (χ2v) is 5.87. The molecule has 1 aliphatic carbocycles. The third-order valence-corrected chi connectivity index (χ3v) is 4.37. The van der Waals surface area contributed by atoms with Crippen molar-refractivity contribution < 1.29 is 13.2 Å². The van der Waals surface area contributed by atoms with Gasteiger partial charge in [0.25, 0.3) is 0 Å². The fourth-order valence-corrected chi connectivity index (χ4v) is 3.33. The van der Waals surface area contributed by atoms with Crippen LogP contribution in [0.1, 0.15) is 28.3 Å². The van der Waals surface area contributed by atoms with E-state index in [1.54, 1.807) is 0 Å². The molecule has 0 bridgehead atoms.